The summed E-state index contributed by atoms with van der Waals surface area (Å²) < 4.78 is 19.0. The van der Waals surface area contributed by atoms with Crippen LogP contribution in [0.5, 0.6) is 0 Å². The number of ether oxygens (including phenoxy) is 1. The highest BCUT2D eigenvalue weighted by Crippen LogP contribution is 2.43. The average Bonchev–Trinajstić information content (AvgIpc) is 3.31. The average molecular weight is 532 g/mol. The molecule has 0 atom stereocenters. The van der Waals surface area contributed by atoms with Gasteiger partial charge in [0.2, 0.25) is 0 Å². The number of aliphatic hydroxyl groups is 1. The lowest BCUT2D eigenvalue weighted by atomic mass is 9.74. The molecule has 5 rings (SSSR count). The summed E-state index contributed by atoms with van der Waals surface area (Å²) in [4.78, 5) is 19.1. The van der Waals surface area contributed by atoms with Crippen molar-refractivity contribution in [3.05, 3.63) is 99.3 Å². The topological polar surface area (TPSA) is 97.5 Å². The summed E-state index contributed by atoms with van der Waals surface area (Å²) in [5.74, 6) is -0.574. The third kappa shape index (κ3) is 5.20. The number of anilines is 2. The van der Waals surface area contributed by atoms with E-state index in [2.05, 4.69) is 5.32 Å². The maximum atomic E-state index is 13.3. The molecular weight excluding hydrogens is 501 g/mol. The lowest BCUT2D eigenvalue weighted by molar-refractivity contribution is 0.0630. The van der Waals surface area contributed by atoms with Crippen LogP contribution < -0.4 is 11.1 Å². The van der Waals surface area contributed by atoms with Crippen LogP contribution in [0.2, 0.25) is 0 Å². The van der Waals surface area contributed by atoms with E-state index in [4.69, 9.17) is 15.5 Å². The van der Waals surface area contributed by atoms with Crippen LogP contribution in [-0.4, -0.2) is 35.8 Å². The Hall–Kier alpha value is -3.59. The van der Waals surface area contributed by atoms with Crippen molar-refractivity contribution in [2.75, 3.05) is 30.9 Å². The van der Waals surface area contributed by atoms with Crippen molar-refractivity contribution in [3.63, 3.8) is 0 Å². The Kier molecular flexibility index (Phi) is 7.56. The van der Waals surface area contributed by atoms with Gasteiger partial charge in [-0.3, -0.25) is 4.79 Å². The fraction of sp³-hybridized carbons (Fsp3) is 0.267. The van der Waals surface area contributed by atoms with Gasteiger partial charge < -0.3 is 20.9 Å². The van der Waals surface area contributed by atoms with Crippen molar-refractivity contribution in [1.29, 1.82) is 0 Å². The molecule has 4 aromatic rings. The molecule has 0 aliphatic carbocycles. The Morgan fingerprint density at radius 2 is 1.76 bits per heavy atom. The number of nitrogens with two attached hydrogens (primary N) is 1. The third-order valence-corrected chi connectivity index (χ3v) is 8.59. The first kappa shape index (κ1) is 26.0. The van der Waals surface area contributed by atoms with Gasteiger partial charge in [0.1, 0.15) is 10.8 Å². The number of thiazole rings is 1. The molecule has 1 aliphatic rings. The van der Waals surface area contributed by atoms with Crippen molar-refractivity contribution in [2.24, 2.45) is 0 Å². The number of rotatable bonds is 7. The second-order valence-electron chi connectivity index (χ2n) is 9.54. The number of benzene rings is 3. The summed E-state index contributed by atoms with van der Waals surface area (Å²) in [6.07, 6.45) is 2.20. The monoisotopic (exact) mass is 531 g/mol. The van der Waals surface area contributed by atoms with Crippen LogP contribution in [0, 0.1) is 12.7 Å². The highest BCUT2D eigenvalue weighted by atomic mass is 32.1. The number of aromatic nitrogens is 1. The molecule has 2 heterocycles. The number of halogens is 1. The molecule has 0 saturated carbocycles. The number of nitrogen functional groups attached to an aromatic ring is 1. The molecule has 1 fully saturated rings. The van der Waals surface area contributed by atoms with E-state index in [0.717, 1.165) is 45.1 Å². The quantitative estimate of drug-likeness (QED) is 0.265. The van der Waals surface area contributed by atoms with Gasteiger partial charge in [0.15, 0.2) is 0 Å². The number of nitrogens with zero attached hydrogens (tertiary/aromatic N) is 1. The molecule has 0 radical (unpaired) electrons. The van der Waals surface area contributed by atoms with Crippen LogP contribution in [0.25, 0.3) is 11.1 Å². The van der Waals surface area contributed by atoms with Gasteiger partial charge in [0.25, 0.3) is 5.91 Å². The number of aliphatic hydroxyl groups excluding tert-OH is 1. The second kappa shape index (κ2) is 11.0. The van der Waals surface area contributed by atoms with Crippen LogP contribution >= 0.6 is 11.3 Å². The van der Waals surface area contributed by atoms with Gasteiger partial charge in [-0.1, -0.05) is 30.3 Å². The molecule has 1 saturated heterocycles. The van der Waals surface area contributed by atoms with Crippen LogP contribution in [0.15, 0.2) is 66.7 Å². The standard InChI is InChI=1S/C30H30FN3O3S/c1-19-27(12-15-35)38-29(33-19)30(13-16-37-17-14-30)23-7-2-21(3-8-23)28(36)34-26-18-22(6-11-25(26)32)20-4-9-24(31)10-5-20/h2-11,18,35H,12-17,32H2,1H3,(H,34,36). The van der Waals surface area contributed by atoms with Gasteiger partial charge in [-0.15, -0.1) is 11.3 Å². The van der Waals surface area contributed by atoms with Crippen LogP contribution in [0.4, 0.5) is 15.8 Å². The van der Waals surface area contributed by atoms with Gasteiger partial charge >= 0.3 is 0 Å². The minimum Gasteiger partial charge on any atom is -0.397 e. The molecule has 196 valence electrons. The van der Waals surface area contributed by atoms with E-state index in [1.165, 1.54) is 12.1 Å². The zero-order chi connectivity index (χ0) is 26.7. The molecular formula is C30H30FN3O3S. The SMILES string of the molecule is Cc1nc(C2(c3ccc(C(=O)Nc4cc(-c5ccc(F)cc5)ccc4N)cc3)CCOCC2)sc1CCO. The Balaban J connectivity index is 1.39. The second-order valence-corrected chi connectivity index (χ2v) is 10.6. The Morgan fingerprint density at radius 3 is 2.45 bits per heavy atom. The normalized spacial score (nSPS) is 14.8. The molecule has 6 nitrogen and oxygen atoms in total. The Bertz CT molecular complexity index is 1430. The highest BCUT2D eigenvalue weighted by Gasteiger charge is 2.39. The van der Waals surface area contributed by atoms with Gasteiger partial charge in [-0.2, -0.15) is 0 Å². The van der Waals surface area contributed by atoms with Crippen molar-refractivity contribution in [1.82, 2.24) is 4.98 Å². The maximum absolute atomic E-state index is 13.3. The van der Waals surface area contributed by atoms with E-state index in [-0.39, 0.29) is 23.7 Å². The van der Waals surface area contributed by atoms with E-state index in [9.17, 15) is 14.3 Å². The van der Waals surface area contributed by atoms with Gasteiger partial charge in [-0.05, 0) is 72.9 Å². The van der Waals surface area contributed by atoms with Crippen LogP contribution in [0.1, 0.15) is 44.3 Å². The predicted octanol–water partition coefficient (Wildman–Crippen LogP) is 5.72. The lowest BCUT2D eigenvalue weighted by Crippen LogP contribution is -2.35. The molecule has 3 aromatic carbocycles. The summed E-state index contributed by atoms with van der Waals surface area (Å²) in [5, 5.41) is 13.4. The summed E-state index contributed by atoms with van der Waals surface area (Å²) in [6, 6.07) is 19.2. The first-order chi connectivity index (χ1) is 18.4. The fourth-order valence-corrected chi connectivity index (χ4v) is 6.25. The summed E-state index contributed by atoms with van der Waals surface area (Å²) >= 11 is 1.66. The molecule has 0 unspecified atom stereocenters. The lowest BCUT2D eigenvalue weighted by Gasteiger charge is -2.36. The first-order valence-corrected chi connectivity index (χ1v) is 13.4. The van der Waals surface area contributed by atoms with E-state index in [1.807, 2.05) is 37.3 Å². The molecule has 38 heavy (non-hydrogen) atoms. The molecule has 0 spiro atoms. The van der Waals surface area contributed by atoms with Crippen molar-refractivity contribution < 1.29 is 19.0 Å². The van der Waals surface area contributed by atoms with E-state index >= 15 is 0 Å². The van der Waals surface area contributed by atoms with Gasteiger partial charge in [0.05, 0.1) is 22.5 Å². The highest BCUT2D eigenvalue weighted by molar-refractivity contribution is 7.12. The molecule has 8 heteroatoms. The fourth-order valence-electron chi connectivity index (χ4n) is 4.93. The first-order valence-electron chi connectivity index (χ1n) is 12.6. The van der Waals surface area contributed by atoms with Crippen molar-refractivity contribution >= 4 is 28.6 Å². The number of hydrogen-bond donors (Lipinski definition) is 3. The van der Waals surface area contributed by atoms with E-state index in [1.54, 1.807) is 35.6 Å². The number of carbonyl (C=O) groups is 1. The largest absolute Gasteiger partial charge is 0.397 e. The predicted molar refractivity (Wildman–Crippen MR) is 149 cm³/mol. The number of amides is 1. The van der Waals surface area contributed by atoms with Gasteiger partial charge in [-0.25, -0.2) is 9.37 Å². The minimum atomic E-state index is -0.306. The maximum Gasteiger partial charge on any atom is 0.255 e. The number of nitrogens with one attached hydrogen (secondary N) is 1. The molecule has 1 amide bonds. The summed E-state index contributed by atoms with van der Waals surface area (Å²) in [5.41, 5.74) is 11.0. The Labute approximate surface area is 225 Å². The molecule has 1 aliphatic heterocycles. The van der Waals surface area contributed by atoms with Crippen molar-refractivity contribution in [2.45, 2.75) is 31.6 Å². The molecule has 1 aromatic heterocycles. The Morgan fingerprint density at radius 1 is 1.08 bits per heavy atom. The van der Waals surface area contributed by atoms with Crippen LogP contribution in [-0.2, 0) is 16.6 Å². The summed E-state index contributed by atoms with van der Waals surface area (Å²) in [6.45, 7) is 3.36. The zero-order valence-corrected chi connectivity index (χ0v) is 22.0. The van der Waals surface area contributed by atoms with Crippen molar-refractivity contribution in [3.8, 4) is 11.1 Å². The van der Waals surface area contributed by atoms with E-state index < -0.39 is 0 Å². The zero-order valence-electron chi connectivity index (χ0n) is 21.2. The van der Waals surface area contributed by atoms with E-state index in [0.29, 0.717) is 36.6 Å². The summed E-state index contributed by atoms with van der Waals surface area (Å²) in [7, 11) is 0. The molecule has 4 N–H and O–H groups in total. The number of aryl methyl sites for hydroxylation is 1. The van der Waals surface area contributed by atoms with Crippen LogP contribution in [0.3, 0.4) is 0 Å². The van der Waals surface area contributed by atoms with Gasteiger partial charge in [0, 0.05) is 36.7 Å². The minimum absolute atomic E-state index is 0.0969. The third-order valence-electron chi connectivity index (χ3n) is 7.17. The molecule has 0 bridgehead atoms. The smallest absolute Gasteiger partial charge is 0.255 e. The number of carbonyl (C=O) groups excluding carboxylic acids is 1. The number of hydrogen-bond acceptors (Lipinski definition) is 6.